The van der Waals surface area contributed by atoms with E-state index in [0.29, 0.717) is 12.0 Å². The molecule has 2 fully saturated rings. The number of thiazole rings is 1. The lowest BCUT2D eigenvalue weighted by atomic mass is 10.2. The summed E-state index contributed by atoms with van der Waals surface area (Å²) in [5.41, 5.74) is 0. The number of rotatable bonds is 2. The van der Waals surface area contributed by atoms with Crippen molar-refractivity contribution in [3.05, 3.63) is 16.1 Å². The predicted octanol–water partition coefficient (Wildman–Crippen LogP) is 2.80. The molecule has 0 spiro atoms. The van der Waals surface area contributed by atoms with Gasteiger partial charge < -0.3 is 4.74 Å². The minimum atomic E-state index is 0.210. The molecule has 0 saturated carbocycles. The number of ether oxygens (including phenoxy) is 1. The Kier molecular flexibility index (Phi) is 3.19. The lowest BCUT2D eigenvalue weighted by molar-refractivity contribution is -0.0502. The second-order valence-corrected chi connectivity index (χ2v) is 6.46. The molecular formula is C13H20N2OS. The first-order valence-corrected chi connectivity index (χ1v) is 7.37. The maximum atomic E-state index is 5.98. The highest BCUT2D eigenvalue weighted by Gasteiger charge is 2.34. The maximum Gasteiger partial charge on any atom is 0.123 e. The SMILES string of the molecule is CC(C)c1cnc(C2CN3CCCC3CO2)s1. The summed E-state index contributed by atoms with van der Waals surface area (Å²) in [6.07, 6.45) is 4.86. The zero-order valence-electron chi connectivity index (χ0n) is 10.6. The smallest absolute Gasteiger partial charge is 0.123 e. The van der Waals surface area contributed by atoms with Crippen LogP contribution in [-0.2, 0) is 4.74 Å². The third-order valence-electron chi connectivity index (χ3n) is 3.78. The second-order valence-electron chi connectivity index (χ2n) is 5.37. The zero-order valence-corrected chi connectivity index (χ0v) is 11.4. The molecule has 0 amide bonds. The summed E-state index contributed by atoms with van der Waals surface area (Å²) in [5, 5.41) is 1.17. The van der Waals surface area contributed by atoms with E-state index in [2.05, 4.69) is 23.7 Å². The van der Waals surface area contributed by atoms with Gasteiger partial charge in [-0.2, -0.15) is 0 Å². The van der Waals surface area contributed by atoms with Crippen LogP contribution in [0.2, 0.25) is 0 Å². The molecule has 2 saturated heterocycles. The second kappa shape index (κ2) is 4.67. The van der Waals surface area contributed by atoms with E-state index in [1.807, 2.05) is 17.5 Å². The van der Waals surface area contributed by atoms with Gasteiger partial charge in [-0.3, -0.25) is 4.90 Å². The average Bonchev–Trinajstić information content (AvgIpc) is 2.97. The van der Waals surface area contributed by atoms with Crippen molar-refractivity contribution in [1.82, 2.24) is 9.88 Å². The standard InChI is InChI=1S/C13H20N2OS/c1-9(2)12-6-14-13(17-12)11-7-15-5-3-4-10(15)8-16-11/h6,9-11H,3-5,7-8H2,1-2H3. The first kappa shape index (κ1) is 11.6. The minimum Gasteiger partial charge on any atom is -0.368 e. The molecule has 0 radical (unpaired) electrons. The van der Waals surface area contributed by atoms with Crippen molar-refractivity contribution in [2.24, 2.45) is 0 Å². The fourth-order valence-corrected chi connectivity index (χ4v) is 3.65. The van der Waals surface area contributed by atoms with Crippen LogP contribution in [0.5, 0.6) is 0 Å². The maximum absolute atomic E-state index is 5.98. The molecule has 2 atom stereocenters. The summed E-state index contributed by atoms with van der Waals surface area (Å²) in [6, 6.07) is 0.677. The van der Waals surface area contributed by atoms with Crippen molar-refractivity contribution in [1.29, 1.82) is 0 Å². The summed E-state index contributed by atoms with van der Waals surface area (Å²) in [5.74, 6) is 0.573. The molecule has 1 aromatic heterocycles. The van der Waals surface area contributed by atoms with Gasteiger partial charge in [-0.1, -0.05) is 13.8 Å². The van der Waals surface area contributed by atoms with Crippen LogP contribution in [-0.4, -0.2) is 35.6 Å². The van der Waals surface area contributed by atoms with Gasteiger partial charge in [-0.25, -0.2) is 4.98 Å². The van der Waals surface area contributed by atoms with Gasteiger partial charge in [0.05, 0.1) is 6.61 Å². The zero-order chi connectivity index (χ0) is 11.8. The van der Waals surface area contributed by atoms with Crippen molar-refractivity contribution in [2.45, 2.75) is 44.8 Å². The number of hydrogen-bond donors (Lipinski definition) is 0. The largest absolute Gasteiger partial charge is 0.368 e. The quantitative estimate of drug-likeness (QED) is 0.809. The number of hydrogen-bond acceptors (Lipinski definition) is 4. The highest BCUT2D eigenvalue weighted by Crippen LogP contribution is 2.33. The topological polar surface area (TPSA) is 25.4 Å². The fourth-order valence-electron chi connectivity index (χ4n) is 2.68. The van der Waals surface area contributed by atoms with Crippen molar-refractivity contribution in [2.75, 3.05) is 19.7 Å². The summed E-state index contributed by atoms with van der Waals surface area (Å²) in [7, 11) is 0. The van der Waals surface area contributed by atoms with Gasteiger partial charge in [0.1, 0.15) is 11.1 Å². The van der Waals surface area contributed by atoms with Crippen LogP contribution in [0.1, 0.15) is 48.6 Å². The molecule has 3 nitrogen and oxygen atoms in total. The van der Waals surface area contributed by atoms with Crippen LogP contribution in [0.3, 0.4) is 0 Å². The van der Waals surface area contributed by atoms with Gasteiger partial charge in [0.2, 0.25) is 0 Å². The van der Waals surface area contributed by atoms with E-state index in [-0.39, 0.29) is 6.10 Å². The van der Waals surface area contributed by atoms with Crippen LogP contribution in [0, 0.1) is 0 Å². The average molecular weight is 252 g/mol. The molecule has 0 N–H and O–H groups in total. The van der Waals surface area contributed by atoms with Crippen LogP contribution < -0.4 is 0 Å². The number of nitrogens with zero attached hydrogens (tertiary/aromatic N) is 2. The predicted molar refractivity (Wildman–Crippen MR) is 69.5 cm³/mol. The van der Waals surface area contributed by atoms with Crippen molar-refractivity contribution >= 4 is 11.3 Å². The number of aromatic nitrogens is 1. The van der Waals surface area contributed by atoms with Crippen LogP contribution >= 0.6 is 11.3 Å². The molecule has 0 aromatic carbocycles. The lowest BCUT2D eigenvalue weighted by Gasteiger charge is -2.34. The first-order valence-electron chi connectivity index (χ1n) is 6.55. The molecule has 1 aromatic rings. The number of fused-ring (bicyclic) bond motifs is 1. The minimum absolute atomic E-state index is 0.210. The molecule has 2 aliphatic rings. The molecule has 3 heterocycles. The van der Waals surface area contributed by atoms with E-state index in [0.717, 1.165) is 13.2 Å². The monoisotopic (exact) mass is 252 g/mol. The third kappa shape index (κ3) is 2.26. The van der Waals surface area contributed by atoms with E-state index < -0.39 is 0 Å². The Labute approximate surface area is 107 Å². The Balaban J connectivity index is 1.71. The molecule has 0 aliphatic carbocycles. The molecule has 94 valence electrons. The Hall–Kier alpha value is -0.450. The molecule has 17 heavy (non-hydrogen) atoms. The van der Waals surface area contributed by atoms with E-state index in [1.165, 1.54) is 29.3 Å². The Morgan fingerprint density at radius 1 is 1.53 bits per heavy atom. The van der Waals surface area contributed by atoms with Crippen LogP contribution in [0.25, 0.3) is 0 Å². The van der Waals surface area contributed by atoms with Crippen LogP contribution in [0.15, 0.2) is 6.20 Å². The highest BCUT2D eigenvalue weighted by molar-refractivity contribution is 7.11. The van der Waals surface area contributed by atoms with Crippen molar-refractivity contribution in [3.63, 3.8) is 0 Å². The van der Waals surface area contributed by atoms with E-state index in [1.54, 1.807) is 0 Å². The van der Waals surface area contributed by atoms with E-state index in [4.69, 9.17) is 4.74 Å². The lowest BCUT2D eigenvalue weighted by Crippen LogP contribution is -2.42. The van der Waals surface area contributed by atoms with Gasteiger partial charge in [-0.05, 0) is 25.3 Å². The van der Waals surface area contributed by atoms with Gasteiger partial charge >= 0.3 is 0 Å². The fraction of sp³-hybridized carbons (Fsp3) is 0.769. The molecule has 4 heteroatoms. The molecule has 2 aliphatic heterocycles. The third-order valence-corrected chi connectivity index (χ3v) is 5.17. The van der Waals surface area contributed by atoms with E-state index >= 15 is 0 Å². The van der Waals surface area contributed by atoms with Crippen LogP contribution in [0.4, 0.5) is 0 Å². The van der Waals surface area contributed by atoms with Crippen molar-refractivity contribution in [3.8, 4) is 0 Å². The van der Waals surface area contributed by atoms with Gasteiger partial charge in [0.25, 0.3) is 0 Å². The Morgan fingerprint density at radius 3 is 3.18 bits per heavy atom. The van der Waals surface area contributed by atoms with Gasteiger partial charge in [-0.15, -0.1) is 11.3 Å². The highest BCUT2D eigenvalue weighted by atomic mass is 32.1. The van der Waals surface area contributed by atoms with Gasteiger partial charge in [0.15, 0.2) is 0 Å². The summed E-state index contributed by atoms with van der Waals surface area (Å²) < 4.78 is 5.98. The van der Waals surface area contributed by atoms with Crippen molar-refractivity contribution < 1.29 is 4.74 Å². The molecular weight excluding hydrogens is 232 g/mol. The number of morpholine rings is 1. The molecule has 2 unspecified atom stereocenters. The molecule has 3 rings (SSSR count). The van der Waals surface area contributed by atoms with E-state index in [9.17, 15) is 0 Å². The summed E-state index contributed by atoms with van der Waals surface area (Å²) in [4.78, 5) is 8.48. The first-order chi connectivity index (χ1) is 8.24. The molecule has 0 bridgehead atoms. The van der Waals surface area contributed by atoms with Gasteiger partial charge in [0, 0.05) is 23.7 Å². The summed E-state index contributed by atoms with van der Waals surface area (Å²) >= 11 is 1.82. The normalized spacial score (nSPS) is 29.8. The summed E-state index contributed by atoms with van der Waals surface area (Å²) in [6.45, 7) is 7.61. The Bertz CT molecular complexity index is 391. The Morgan fingerprint density at radius 2 is 2.41 bits per heavy atom.